The van der Waals surface area contributed by atoms with E-state index in [1.807, 2.05) is 34.9 Å². The van der Waals surface area contributed by atoms with Crippen LogP contribution in [-0.4, -0.2) is 25.4 Å². The molecule has 1 heterocycles. The molecule has 2 nitrogen and oxygen atoms in total. The van der Waals surface area contributed by atoms with Crippen molar-refractivity contribution in [2.24, 2.45) is 0 Å². The van der Waals surface area contributed by atoms with Gasteiger partial charge in [-0.25, -0.2) is 0 Å². The third kappa shape index (κ3) is 2.90. The van der Waals surface area contributed by atoms with Gasteiger partial charge < -0.3 is 0 Å². The Bertz CT molecular complexity index is 1080. The summed E-state index contributed by atoms with van der Waals surface area (Å²) >= 11 is 0.109. The SMILES string of the molecule is CC(=O)n1c(-c2ccccc2)c([Se]c2ccccc2)c2c(C)cccc21. The molecule has 3 heteroatoms. The predicted molar refractivity (Wildman–Crippen MR) is 110 cm³/mol. The summed E-state index contributed by atoms with van der Waals surface area (Å²) in [7, 11) is 0. The molecule has 0 aliphatic carbocycles. The summed E-state index contributed by atoms with van der Waals surface area (Å²) < 4.78 is 4.47. The molecular weight excluding hydrogens is 385 g/mol. The maximum atomic E-state index is 12.6. The van der Waals surface area contributed by atoms with Crippen molar-refractivity contribution in [1.82, 2.24) is 4.57 Å². The molecular formula is C23H19NOSe. The van der Waals surface area contributed by atoms with E-state index in [0.717, 1.165) is 16.8 Å². The van der Waals surface area contributed by atoms with Crippen LogP contribution in [0, 0.1) is 6.92 Å². The summed E-state index contributed by atoms with van der Waals surface area (Å²) in [6, 6.07) is 27.0. The minimum absolute atomic E-state index is 0.0505. The van der Waals surface area contributed by atoms with Crippen LogP contribution in [0.1, 0.15) is 17.3 Å². The van der Waals surface area contributed by atoms with Crippen LogP contribution in [0.4, 0.5) is 0 Å². The molecule has 0 unspecified atom stereocenters. The molecule has 0 bridgehead atoms. The Morgan fingerprint density at radius 3 is 2.15 bits per heavy atom. The molecule has 0 N–H and O–H groups in total. The van der Waals surface area contributed by atoms with Gasteiger partial charge in [0.25, 0.3) is 0 Å². The molecule has 0 fully saturated rings. The van der Waals surface area contributed by atoms with Crippen molar-refractivity contribution < 1.29 is 4.79 Å². The molecule has 128 valence electrons. The number of hydrogen-bond donors (Lipinski definition) is 0. The second-order valence-corrected chi connectivity index (χ2v) is 8.56. The topological polar surface area (TPSA) is 22.0 Å². The molecule has 0 saturated carbocycles. The van der Waals surface area contributed by atoms with Gasteiger partial charge in [-0.05, 0) is 0 Å². The van der Waals surface area contributed by atoms with Crippen LogP contribution in [0.5, 0.6) is 0 Å². The number of benzene rings is 3. The maximum absolute atomic E-state index is 12.6. The van der Waals surface area contributed by atoms with Crippen molar-refractivity contribution in [3.8, 4) is 11.3 Å². The normalized spacial score (nSPS) is 11.0. The van der Waals surface area contributed by atoms with E-state index in [0.29, 0.717) is 0 Å². The van der Waals surface area contributed by atoms with Crippen molar-refractivity contribution in [2.45, 2.75) is 13.8 Å². The van der Waals surface area contributed by atoms with Crippen LogP contribution < -0.4 is 8.92 Å². The summed E-state index contributed by atoms with van der Waals surface area (Å²) in [5, 5.41) is 1.21. The summed E-state index contributed by atoms with van der Waals surface area (Å²) in [4.78, 5) is 12.6. The predicted octanol–water partition coefficient (Wildman–Crippen LogP) is 3.93. The number of rotatable bonds is 3. The number of carbonyl (C=O) groups is 1. The van der Waals surface area contributed by atoms with Gasteiger partial charge in [0, 0.05) is 0 Å². The van der Waals surface area contributed by atoms with Crippen molar-refractivity contribution in [3.05, 3.63) is 84.4 Å². The molecule has 0 saturated heterocycles. The van der Waals surface area contributed by atoms with Crippen molar-refractivity contribution in [1.29, 1.82) is 0 Å². The second kappa shape index (κ2) is 6.95. The summed E-state index contributed by atoms with van der Waals surface area (Å²) in [6.45, 7) is 3.78. The zero-order chi connectivity index (χ0) is 18.1. The zero-order valence-electron chi connectivity index (χ0n) is 14.8. The Labute approximate surface area is 159 Å². The van der Waals surface area contributed by atoms with E-state index in [-0.39, 0.29) is 20.9 Å². The van der Waals surface area contributed by atoms with E-state index in [4.69, 9.17) is 0 Å². The standard InChI is InChI=1S/C23H19NOSe/c1-16-10-9-15-20-21(16)23(26-19-13-7-4-8-14-19)22(24(20)17(2)25)18-11-5-3-6-12-18/h3-15H,1-2H3. The van der Waals surface area contributed by atoms with Crippen LogP contribution in [-0.2, 0) is 0 Å². The third-order valence-corrected chi connectivity index (χ3v) is 6.81. The first-order chi connectivity index (χ1) is 12.7. The summed E-state index contributed by atoms with van der Waals surface area (Å²) in [6.07, 6.45) is 0. The number of nitrogens with zero attached hydrogens (tertiary/aromatic N) is 1. The number of fused-ring (bicyclic) bond motifs is 1. The van der Waals surface area contributed by atoms with Gasteiger partial charge in [0.05, 0.1) is 0 Å². The molecule has 26 heavy (non-hydrogen) atoms. The molecule has 0 atom stereocenters. The summed E-state index contributed by atoms with van der Waals surface area (Å²) in [5.41, 5.74) is 4.34. The Hall–Kier alpha value is -2.61. The number of aryl methyl sites for hydroxylation is 1. The van der Waals surface area contributed by atoms with Crippen molar-refractivity contribution in [3.63, 3.8) is 0 Å². The Kier molecular flexibility index (Phi) is 4.50. The van der Waals surface area contributed by atoms with E-state index >= 15 is 0 Å². The van der Waals surface area contributed by atoms with E-state index in [1.165, 1.54) is 19.9 Å². The summed E-state index contributed by atoms with van der Waals surface area (Å²) in [5.74, 6) is 0.0505. The zero-order valence-corrected chi connectivity index (χ0v) is 16.5. The van der Waals surface area contributed by atoms with Gasteiger partial charge in [-0.2, -0.15) is 0 Å². The van der Waals surface area contributed by atoms with Crippen LogP contribution >= 0.6 is 0 Å². The average molecular weight is 404 g/mol. The number of carbonyl (C=O) groups excluding carboxylic acids is 1. The first kappa shape index (κ1) is 16.8. The molecule has 0 radical (unpaired) electrons. The van der Waals surface area contributed by atoms with Gasteiger partial charge in [-0.15, -0.1) is 0 Å². The van der Waals surface area contributed by atoms with Crippen LogP contribution in [0.25, 0.3) is 22.2 Å². The number of aromatic nitrogens is 1. The van der Waals surface area contributed by atoms with Crippen molar-refractivity contribution >= 4 is 40.7 Å². The molecule has 1 aromatic heterocycles. The van der Waals surface area contributed by atoms with E-state index in [9.17, 15) is 4.79 Å². The van der Waals surface area contributed by atoms with Crippen LogP contribution in [0.2, 0.25) is 0 Å². The molecule has 4 aromatic rings. The number of hydrogen-bond acceptors (Lipinski definition) is 1. The van der Waals surface area contributed by atoms with E-state index in [1.54, 1.807) is 6.92 Å². The van der Waals surface area contributed by atoms with Gasteiger partial charge in [-0.3, -0.25) is 0 Å². The molecule has 0 amide bonds. The third-order valence-electron chi connectivity index (χ3n) is 4.48. The van der Waals surface area contributed by atoms with Crippen LogP contribution in [0.3, 0.4) is 0 Å². The van der Waals surface area contributed by atoms with E-state index in [2.05, 4.69) is 55.5 Å². The molecule has 3 aromatic carbocycles. The first-order valence-corrected chi connectivity index (χ1v) is 10.3. The Morgan fingerprint density at radius 2 is 1.50 bits per heavy atom. The van der Waals surface area contributed by atoms with Gasteiger partial charge in [0.1, 0.15) is 0 Å². The molecule has 0 aliphatic rings. The Morgan fingerprint density at radius 1 is 0.846 bits per heavy atom. The van der Waals surface area contributed by atoms with Gasteiger partial charge in [-0.1, -0.05) is 0 Å². The van der Waals surface area contributed by atoms with Gasteiger partial charge in [0.15, 0.2) is 0 Å². The Balaban J connectivity index is 2.09. The quantitative estimate of drug-likeness (QED) is 0.475. The van der Waals surface area contributed by atoms with Crippen molar-refractivity contribution in [2.75, 3.05) is 0 Å². The first-order valence-electron chi connectivity index (χ1n) is 8.60. The fraction of sp³-hybridized carbons (Fsp3) is 0.0870. The van der Waals surface area contributed by atoms with E-state index < -0.39 is 0 Å². The molecule has 0 spiro atoms. The fourth-order valence-electron chi connectivity index (χ4n) is 3.36. The fourth-order valence-corrected chi connectivity index (χ4v) is 5.89. The average Bonchev–Trinajstić information content (AvgIpc) is 2.99. The molecule has 0 aliphatic heterocycles. The second-order valence-electron chi connectivity index (χ2n) is 6.28. The monoisotopic (exact) mass is 405 g/mol. The minimum atomic E-state index is 0.0505. The van der Waals surface area contributed by atoms with Gasteiger partial charge >= 0.3 is 160 Å². The van der Waals surface area contributed by atoms with Crippen LogP contribution in [0.15, 0.2) is 78.9 Å². The molecule has 4 rings (SSSR count). The van der Waals surface area contributed by atoms with Gasteiger partial charge in [0.2, 0.25) is 0 Å².